The Morgan fingerprint density at radius 2 is 1.74 bits per heavy atom. The number of nitrogens with zero attached hydrogens (tertiary/aromatic N) is 2. The maximum Gasteiger partial charge on any atom is 0.250 e. The molecule has 4 heterocycles. The second-order valence-electron chi connectivity index (χ2n) is 10.1. The summed E-state index contributed by atoms with van der Waals surface area (Å²) in [6.45, 7) is 4.74. The summed E-state index contributed by atoms with van der Waals surface area (Å²) in [6, 6.07) is 17.5. The molecule has 0 saturated carbocycles. The van der Waals surface area contributed by atoms with Crippen LogP contribution in [0.5, 0.6) is 0 Å². The van der Waals surface area contributed by atoms with E-state index in [9.17, 15) is 14.4 Å². The number of hydrogen-bond acceptors (Lipinski definition) is 4. The zero-order valence-electron chi connectivity index (χ0n) is 19.2. The van der Waals surface area contributed by atoms with Gasteiger partial charge in [-0.2, -0.15) is 0 Å². The number of hydrogen-bond donors (Lipinski definition) is 1. The van der Waals surface area contributed by atoms with Gasteiger partial charge >= 0.3 is 0 Å². The highest BCUT2D eigenvalue weighted by Gasteiger charge is 2.74. The number of imide groups is 1. The first kappa shape index (κ1) is 19.9. The Bertz CT molecular complexity index is 1450. The summed E-state index contributed by atoms with van der Waals surface area (Å²) in [6.07, 6.45) is 1.74. The number of rotatable bonds is 1. The summed E-state index contributed by atoms with van der Waals surface area (Å²) >= 11 is 0. The molecule has 3 amide bonds. The van der Waals surface area contributed by atoms with Gasteiger partial charge in [0.25, 0.3) is 0 Å². The Balaban J connectivity index is 1.42. The van der Waals surface area contributed by atoms with Gasteiger partial charge in [-0.25, -0.2) is 4.90 Å². The lowest BCUT2D eigenvalue weighted by Gasteiger charge is -2.36. The van der Waals surface area contributed by atoms with Gasteiger partial charge < -0.3 is 5.32 Å². The van der Waals surface area contributed by atoms with E-state index in [1.54, 1.807) is 0 Å². The number of anilines is 2. The lowest BCUT2D eigenvalue weighted by molar-refractivity contribution is -0.135. The lowest BCUT2D eigenvalue weighted by Crippen LogP contribution is -2.54. The SMILES string of the molecule is Cc1ccc2c(c1C)NC(=O)[C@@]21[C@@H]2C(=O)N(c3ccc4ccccc4c3)C(=O)[C@H]2[C@H]2CCCN21. The van der Waals surface area contributed by atoms with Crippen LogP contribution >= 0.6 is 0 Å². The van der Waals surface area contributed by atoms with E-state index in [0.717, 1.165) is 46.0 Å². The smallest absolute Gasteiger partial charge is 0.250 e. The Morgan fingerprint density at radius 3 is 2.56 bits per heavy atom. The Hall–Kier alpha value is -3.51. The summed E-state index contributed by atoms with van der Waals surface area (Å²) in [4.78, 5) is 45.4. The first-order valence-corrected chi connectivity index (χ1v) is 12.0. The molecule has 4 atom stereocenters. The lowest BCUT2D eigenvalue weighted by atomic mass is 9.75. The maximum absolute atomic E-state index is 14.1. The third-order valence-corrected chi connectivity index (χ3v) is 8.69. The standard InChI is InChI=1S/C28H25N3O3/c1-15-9-12-20-24(16(15)2)29-27(34)28(20)23-22(21-8-5-13-30(21)28)25(32)31(26(23)33)19-11-10-17-6-3-4-7-18(17)14-19/h3-4,6-7,9-12,14,21-23H,5,8,13H2,1-2H3,(H,29,34)/t21-,22+,23+,28+/m1/s1. The highest BCUT2D eigenvalue weighted by molar-refractivity contribution is 6.26. The molecular formula is C28H25N3O3. The van der Waals surface area contributed by atoms with Crippen molar-refractivity contribution in [2.45, 2.75) is 38.3 Å². The topological polar surface area (TPSA) is 69.7 Å². The van der Waals surface area contributed by atoms with Crippen molar-refractivity contribution in [2.24, 2.45) is 11.8 Å². The fraction of sp³-hybridized carbons (Fsp3) is 0.321. The molecule has 3 aromatic rings. The molecule has 170 valence electrons. The molecule has 3 saturated heterocycles. The largest absolute Gasteiger partial charge is 0.324 e. The normalized spacial score (nSPS) is 29.8. The van der Waals surface area contributed by atoms with Crippen LogP contribution in [-0.2, 0) is 19.9 Å². The molecule has 6 nitrogen and oxygen atoms in total. The van der Waals surface area contributed by atoms with Gasteiger partial charge in [-0.3, -0.25) is 19.3 Å². The van der Waals surface area contributed by atoms with Crippen molar-refractivity contribution < 1.29 is 14.4 Å². The monoisotopic (exact) mass is 451 g/mol. The van der Waals surface area contributed by atoms with Crippen LogP contribution in [0.15, 0.2) is 54.6 Å². The molecule has 1 N–H and O–H groups in total. The fourth-order valence-electron chi connectivity index (χ4n) is 7.09. The number of carbonyl (C=O) groups is 3. The van der Waals surface area contributed by atoms with Gasteiger partial charge in [0.15, 0.2) is 0 Å². The highest BCUT2D eigenvalue weighted by Crippen LogP contribution is 2.61. The van der Waals surface area contributed by atoms with Gasteiger partial charge in [0.05, 0.1) is 17.5 Å². The molecular weight excluding hydrogens is 426 g/mol. The first-order chi connectivity index (χ1) is 16.4. The van der Waals surface area contributed by atoms with Crippen molar-refractivity contribution in [3.63, 3.8) is 0 Å². The summed E-state index contributed by atoms with van der Waals surface area (Å²) < 4.78 is 0. The minimum absolute atomic E-state index is 0.106. The van der Waals surface area contributed by atoms with E-state index in [-0.39, 0.29) is 23.8 Å². The molecule has 0 bridgehead atoms. The summed E-state index contributed by atoms with van der Waals surface area (Å²) in [7, 11) is 0. The maximum atomic E-state index is 14.1. The van der Waals surface area contributed by atoms with E-state index in [1.807, 2.05) is 68.4 Å². The zero-order chi connectivity index (χ0) is 23.4. The van der Waals surface area contributed by atoms with Crippen molar-refractivity contribution in [1.29, 1.82) is 0 Å². The van der Waals surface area contributed by atoms with Gasteiger partial charge in [0.2, 0.25) is 17.7 Å². The molecule has 7 rings (SSSR count). The molecule has 6 heteroatoms. The Kier molecular flexibility index (Phi) is 3.83. The van der Waals surface area contributed by atoms with Gasteiger partial charge in [-0.15, -0.1) is 0 Å². The van der Waals surface area contributed by atoms with E-state index in [1.165, 1.54) is 4.90 Å². The van der Waals surface area contributed by atoms with Crippen LogP contribution in [0.3, 0.4) is 0 Å². The molecule has 3 aromatic carbocycles. The van der Waals surface area contributed by atoms with Crippen molar-refractivity contribution in [1.82, 2.24) is 4.90 Å². The Morgan fingerprint density at radius 1 is 0.941 bits per heavy atom. The van der Waals surface area contributed by atoms with Crippen LogP contribution in [0.25, 0.3) is 10.8 Å². The van der Waals surface area contributed by atoms with Gasteiger partial charge in [-0.05, 0) is 67.3 Å². The van der Waals surface area contributed by atoms with Crippen molar-refractivity contribution in [3.05, 3.63) is 71.3 Å². The predicted molar refractivity (Wildman–Crippen MR) is 129 cm³/mol. The second kappa shape index (κ2) is 6.54. The van der Waals surface area contributed by atoms with E-state index < -0.39 is 17.4 Å². The Labute approximate surface area is 197 Å². The van der Waals surface area contributed by atoms with Crippen LogP contribution in [0, 0.1) is 25.7 Å². The van der Waals surface area contributed by atoms with E-state index in [2.05, 4.69) is 10.2 Å². The van der Waals surface area contributed by atoms with Crippen LogP contribution in [0.1, 0.15) is 29.5 Å². The van der Waals surface area contributed by atoms with Crippen LogP contribution < -0.4 is 10.2 Å². The highest BCUT2D eigenvalue weighted by atomic mass is 16.2. The van der Waals surface area contributed by atoms with E-state index in [0.29, 0.717) is 12.2 Å². The molecule has 3 fully saturated rings. The molecule has 0 aromatic heterocycles. The second-order valence-corrected chi connectivity index (χ2v) is 10.1. The predicted octanol–water partition coefficient (Wildman–Crippen LogP) is 3.89. The van der Waals surface area contributed by atoms with Crippen molar-refractivity contribution in [3.8, 4) is 0 Å². The van der Waals surface area contributed by atoms with Crippen LogP contribution in [0.2, 0.25) is 0 Å². The average molecular weight is 452 g/mol. The molecule has 0 unspecified atom stereocenters. The molecule has 34 heavy (non-hydrogen) atoms. The minimum Gasteiger partial charge on any atom is -0.324 e. The van der Waals surface area contributed by atoms with E-state index >= 15 is 0 Å². The average Bonchev–Trinajstić information content (AvgIpc) is 3.55. The number of carbonyl (C=O) groups excluding carboxylic acids is 3. The van der Waals surface area contributed by atoms with Crippen LogP contribution in [-0.4, -0.2) is 35.2 Å². The molecule has 4 aliphatic heterocycles. The number of nitrogens with one attached hydrogen (secondary N) is 1. The zero-order valence-corrected chi connectivity index (χ0v) is 19.2. The number of benzene rings is 3. The number of amides is 3. The quantitative estimate of drug-likeness (QED) is 0.570. The molecule has 4 aliphatic rings. The fourth-order valence-corrected chi connectivity index (χ4v) is 7.09. The minimum atomic E-state index is -1.13. The van der Waals surface area contributed by atoms with E-state index in [4.69, 9.17) is 0 Å². The first-order valence-electron chi connectivity index (χ1n) is 12.0. The third-order valence-electron chi connectivity index (χ3n) is 8.69. The van der Waals surface area contributed by atoms with Crippen molar-refractivity contribution in [2.75, 3.05) is 16.8 Å². The van der Waals surface area contributed by atoms with Gasteiger partial charge in [0.1, 0.15) is 5.54 Å². The summed E-state index contributed by atoms with van der Waals surface area (Å²) in [5.74, 6) is -1.85. The van der Waals surface area contributed by atoms with Crippen molar-refractivity contribution >= 4 is 39.9 Å². The third kappa shape index (κ3) is 2.18. The summed E-state index contributed by atoms with van der Waals surface area (Å²) in [5, 5.41) is 5.15. The molecule has 0 aliphatic carbocycles. The number of aryl methyl sites for hydroxylation is 1. The van der Waals surface area contributed by atoms with Crippen LogP contribution in [0.4, 0.5) is 11.4 Å². The number of fused-ring (bicyclic) bond motifs is 8. The molecule has 0 radical (unpaired) electrons. The molecule has 1 spiro atoms. The van der Waals surface area contributed by atoms with Gasteiger partial charge in [-0.1, -0.05) is 42.5 Å². The van der Waals surface area contributed by atoms with Gasteiger partial charge in [0, 0.05) is 17.3 Å². The summed E-state index contributed by atoms with van der Waals surface area (Å²) in [5.41, 5.74) is 3.22.